The van der Waals surface area contributed by atoms with E-state index in [0.29, 0.717) is 40.4 Å². The zero-order chi connectivity index (χ0) is 29.8. The van der Waals surface area contributed by atoms with Gasteiger partial charge in [-0.15, -0.1) is 0 Å². The lowest BCUT2D eigenvalue weighted by Crippen LogP contribution is -2.33. The minimum atomic E-state index is -0.542. The molecular formula is C32H35N3O6. The molecule has 214 valence electrons. The maximum absolute atomic E-state index is 12.7. The Bertz CT molecular complexity index is 1410. The van der Waals surface area contributed by atoms with Gasteiger partial charge in [-0.2, -0.15) is 5.10 Å². The fourth-order valence-corrected chi connectivity index (χ4v) is 3.57. The number of carbonyl (C=O) groups is 3. The van der Waals surface area contributed by atoms with Crippen molar-refractivity contribution in [2.75, 3.05) is 13.7 Å². The monoisotopic (exact) mass is 557 g/mol. The second-order valence-electron chi connectivity index (χ2n) is 9.77. The highest BCUT2D eigenvalue weighted by Crippen LogP contribution is 2.22. The lowest BCUT2D eigenvalue weighted by atomic mass is 10.1. The van der Waals surface area contributed by atoms with Gasteiger partial charge in [0.25, 0.3) is 11.8 Å². The molecule has 9 nitrogen and oxygen atoms in total. The van der Waals surface area contributed by atoms with Gasteiger partial charge in [0.2, 0.25) is 0 Å². The highest BCUT2D eigenvalue weighted by Gasteiger charge is 2.15. The smallest absolute Gasteiger partial charge is 0.338 e. The second kappa shape index (κ2) is 15.0. The maximum Gasteiger partial charge on any atom is 0.338 e. The number of rotatable bonds is 12. The number of nitrogens with one attached hydrogen (secondary N) is 2. The number of benzene rings is 3. The average molecular weight is 558 g/mol. The Kier molecular flexibility index (Phi) is 11.2. The van der Waals surface area contributed by atoms with Crippen molar-refractivity contribution in [3.63, 3.8) is 0 Å². The summed E-state index contributed by atoms with van der Waals surface area (Å²) in [6, 6.07) is 20.7. The molecule has 0 heterocycles. The summed E-state index contributed by atoms with van der Waals surface area (Å²) in [5, 5.41) is 6.71. The molecule has 0 saturated heterocycles. The van der Waals surface area contributed by atoms with Crippen molar-refractivity contribution < 1.29 is 28.6 Å². The maximum atomic E-state index is 12.7. The normalized spacial score (nSPS) is 10.7. The topological polar surface area (TPSA) is 115 Å². The van der Waals surface area contributed by atoms with Crippen LogP contribution in [0.3, 0.4) is 0 Å². The number of hydrazone groups is 1. The Labute approximate surface area is 240 Å². The third-order valence-electron chi connectivity index (χ3n) is 5.72. The van der Waals surface area contributed by atoms with Crippen molar-refractivity contribution in [3.05, 3.63) is 106 Å². The second-order valence-corrected chi connectivity index (χ2v) is 9.77. The summed E-state index contributed by atoms with van der Waals surface area (Å²) in [4.78, 5) is 37.4. The van der Waals surface area contributed by atoms with Crippen LogP contribution in [0.25, 0.3) is 0 Å². The molecule has 0 atom stereocenters. The van der Waals surface area contributed by atoms with Gasteiger partial charge in [-0.05, 0) is 85.5 Å². The predicted molar refractivity (Wildman–Crippen MR) is 157 cm³/mol. The van der Waals surface area contributed by atoms with E-state index in [1.165, 1.54) is 6.21 Å². The highest BCUT2D eigenvalue weighted by molar-refractivity contribution is 6.03. The lowest BCUT2D eigenvalue weighted by molar-refractivity contribution is -0.117. The van der Waals surface area contributed by atoms with Crippen LogP contribution < -0.4 is 20.2 Å². The molecule has 0 aliphatic rings. The third-order valence-corrected chi connectivity index (χ3v) is 5.72. The van der Waals surface area contributed by atoms with E-state index in [4.69, 9.17) is 14.2 Å². The van der Waals surface area contributed by atoms with Gasteiger partial charge >= 0.3 is 5.97 Å². The first-order valence-corrected chi connectivity index (χ1v) is 13.1. The van der Waals surface area contributed by atoms with Crippen molar-refractivity contribution in [2.24, 2.45) is 11.0 Å². The quantitative estimate of drug-likeness (QED) is 0.136. The van der Waals surface area contributed by atoms with Crippen LogP contribution >= 0.6 is 0 Å². The minimum Gasteiger partial charge on any atom is -0.496 e. The highest BCUT2D eigenvalue weighted by atomic mass is 16.5. The molecule has 41 heavy (non-hydrogen) atoms. The molecule has 3 rings (SSSR count). The van der Waals surface area contributed by atoms with Gasteiger partial charge in [0, 0.05) is 11.1 Å². The van der Waals surface area contributed by atoms with E-state index in [-0.39, 0.29) is 30.1 Å². The average Bonchev–Trinajstić information content (AvgIpc) is 2.98. The van der Waals surface area contributed by atoms with Crippen molar-refractivity contribution in [3.8, 4) is 11.5 Å². The first-order valence-electron chi connectivity index (χ1n) is 13.1. The molecule has 0 spiro atoms. The third kappa shape index (κ3) is 9.35. The van der Waals surface area contributed by atoms with Gasteiger partial charge in [-0.25, -0.2) is 10.2 Å². The molecule has 2 amide bonds. The van der Waals surface area contributed by atoms with Gasteiger partial charge in [-0.1, -0.05) is 32.0 Å². The number of hydrogen-bond donors (Lipinski definition) is 2. The molecule has 0 aliphatic heterocycles. The van der Waals surface area contributed by atoms with Crippen molar-refractivity contribution in [1.82, 2.24) is 10.7 Å². The molecule has 0 saturated carbocycles. The standard InChI is InChI=1S/C32H35N3O6/c1-21(2)19-41-32(38)25-12-14-27(15-13-25)40-20-26-17-23(11-16-28(26)39-5)18-33-35-31(37)29(22(3)4)34-30(36)24-9-7-6-8-10-24/h6-18,21H,19-20H2,1-5H3,(H,34,36)(H,35,37)/b33-18+. The Morgan fingerprint density at radius 3 is 2.27 bits per heavy atom. The Balaban J connectivity index is 1.61. The Hall–Kier alpha value is -4.92. The minimum absolute atomic E-state index is 0.124. The summed E-state index contributed by atoms with van der Waals surface area (Å²) in [5.41, 5.74) is 5.56. The summed E-state index contributed by atoms with van der Waals surface area (Å²) in [7, 11) is 1.56. The number of hydrogen-bond acceptors (Lipinski definition) is 7. The molecule has 0 aromatic heterocycles. The molecule has 0 fully saturated rings. The Morgan fingerprint density at radius 1 is 0.927 bits per heavy atom. The summed E-state index contributed by atoms with van der Waals surface area (Å²) in [6.07, 6.45) is 1.49. The van der Waals surface area contributed by atoms with Gasteiger partial charge in [0.05, 0.1) is 25.5 Å². The van der Waals surface area contributed by atoms with Crippen LogP contribution in [0.2, 0.25) is 0 Å². The summed E-state index contributed by atoms with van der Waals surface area (Å²) in [6.45, 7) is 7.97. The first-order chi connectivity index (χ1) is 19.7. The van der Waals surface area contributed by atoms with Crippen LogP contribution in [0.1, 0.15) is 59.5 Å². The van der Waals surface area contributed by atoms with E-state index < -0.39 is 5.91 Å². The Morgan fingerprint density at radius 2 is 1.63 bits per heavy atom. The first kappa shape index (κ1) is 30.6. The summed E-state index contributed by atoms with van der Waals surface area (Å²) < 4.78 is 16.6. The molecule has 3 aromatic rings. The van der Waals surface area contributed by atoms with E-state index in [1.807, 2.05) is 26.0 Å². The van der Waals surface area contributed by atoms with E-state index in [0.717, 1.165) is 5.56 Å². The molecule has 0 bridgehead atoms. The number of methoxy groups -OCH3 is 1. The number of amides is 2. The van der Waals surface area contributed by atoms with E-state index >= 15 is 0 Å². The summed E-state index contributed by atoms with van der Waals surface area (Å²) >= 11 is 0. The van der Waals surface area contributed by atoms with Crippen LogP contribution in [-0.2, 0) is 16.1 Å². The van der Waals surface area contributed by atoms with Crippen LogP contribution in [0.5, 0.6) is 11.5 Å². The zero-order valence-electron chi connectivity index (χ0n) is 23.9. The number of carbonyl (C=O) groups excluding carboxylic acids is 3. The molecule has 2 N–H and O–H groups in total. The molecule has 3 aromatic carbocycles. The van der Waals surface area contributed by atoms with Gasteiger partial charge < -0.3 is 19.5 Å². The fraction of sp³-hybridized carbons (Fsp3) is 0.250. The number of allylic oxidation sites excluding steroid dienone is 1. The number of ether oxygens (including phenoxy) is 3. The van der Waals surface area contributed by atoms with Crippen LogP contribution in [-0.4, -0.2) is 37.7 Å². The lowest BCUT2D eigenvalue weighted by Gasteiger charge is -2.12. The SMILES string of the molecule is COc1ccc(/C=N/NC(=O)C(NC(=O)c2ccccc2)=C(C)C)cc1COc1ccc(C(=O)OCC(C)C)cc1. The van der Waals surface area contributed by atoms with Crippen molar-refractivity contribution in [2.45, 2.75) is 34.3 Å². The van der Waals surface area contributed by atoms with Crippen LogP contribution in [0, 0.1) is 5.92 Å². The molecule has 9 heteroatoms. The molecule has 0 aliphatic carbocycles. The number of esters is 1. The number of nitrogens with zero attached hydrogens (tertiary/aromatic N) is 1. The van der Waals surface area contributed by atoms with E-state index in [2.05, 4.69) is 15.8 Å². The zero-order valence-corrected chi connectivity index (χ0v) is 23.9. The largest absolute Gasteiger partial charge is 0.496 e. The van der Waals surface area contributed by atoms with Gasteiger partial charge in [0.1, 0.15) is 23.8 Å². The predicted octanol–water partition coefficient (Wildman–Crippen LogP) is 5.26. The van der Waals surface area contributed by atoms with E-state index in [9.17, 15) is 14.4 Å². The molecular weight excluding hydrogens is 522 g/mol. The van der Waals surface area contributed by atoms with Gasteiger partial charge in [-0.3, -0.25) is 9.59 Å². The fourth-order valence-electron chi connectivity index (χ4n) is 3.57. The molecule has 0 radical (unpaired) electrons. The van der Waals surface area contributed by atoms with Crippen LogP contribution in [0.15, 0.2) is 89.2 Å². The van der Waals surface area contributed by atoms with Gasteiger partial charge in [0.15, 0.2) is 0 Å². The molecule has 0 unspecified atom stereocenters. The van der Waals surface area contributed by atoms with E-state index in [1.54, 1.807) is 81.6 Å². The van der Waals surface area contributed by atoms with Crippen LogP contribution in [0.4, 0.5) is 0 Å². The van der Waals surface area contributed by atoms with Crippen molar-refractivity contribution in [1.29, 1.82) is 0 Å². The summed E-state index contributed by atoms with van der Waals surface area (Å²) in [5.74, 6) is 0.152. The van der Waals surface area contributed by atoms with Crippen molar-refractivity contribution >= 4 is 24.0 Å².